The predicted molar refractivity (Wildman–Crippen MR) is 237 cm³/mol. The van der Waals surface area contributed by atoms with Gasteiger partial charge in [0.2, 0.25) is 0 Å². The lowest BCUT2D eigenvalue weighted by molar-refractivity contribution is 0.478. The van der Waals surface area contributed by atoms with E-state index < -0.39 is 0 Å². The summed E-state index contributed by atoms with van der Waals surface area (Å²) in [5.74, 6) is 3.67. The van der Waals surface area contributed by atoms with Crippen LogP contribution in [0.3, 0.4) is 0 Å². The van der Waals surface area contributed by atoms with Gasteiger partial charge in [-0.25, -0.2) is 9.67 Å². The second-order valence-electron chi connectivity index (χ2n) is 18.7. The van der Waals surface area contributed by atoms with Crippen molar-refractivity contribution in [3.05, 3.63) is 130 Å². The highest BCUT2D eigenvalue weighted by Gasteiger charge is 2.26. The van der Waals surface area contributed by atoms with Crippen LogP contribution in [-0.2, 0) is 10.8 Å². The molecule has 0 saturated heterocycles. The maximum atomic E-state index is 6.87. The number of fused-ring (bicyclic) bond motifs is 3. The second-order valence-corrected chi connectivity index (χ2v) is 18.7. The average molecular weight is 745 g/mol. The van der Waals surface area contributed by atoms with Gasteiger partial charge in [-0.3, -0.25) is 4.57 Å². The van der Waals surface area contributed by atoms with Crippen LogP contribution in [0.25, 0.3) is 44.4 Å². The van der Waals surface area contributed by atoms with E-state index in [1.54, 1.807) is 0 Å². The summed E-state index contributed by atoms with van der Waals surface area (Å²) in [6.07, 6.45) is 1.93. The van der Waals surface area contributed by atoms with E-state index in [4.69, 9.17) is 14.8 Å². The highest BCUT2D eigenvalue weighted by atomic mass is 16.5. The summed E-state index contributed by atoms with van der Waals surface area (Å²) in [6, 6.07) is 30.8. The lowest BCUT2D eigenvalue weighted by atomic mass is 9.81. The average Bonchev–Trinajstić information content (AvgIpc) is 3.62. The molecule has 0 saturated carbocycles. The van der Waals surface area contributed by atoms with Gasteiger partial charge in [-0.15, -0.1) is 0 Å². The van der Waals surface area contributed by atoms with Crippen molar-refractivity contribution in [1.82, 2.24) is 19.3 Å². The number of hydrogen-bond acceptors (Lipinski definition) is 3. The summed E-state index contributed by atoms with van der Waals surface area (Å²) in [5.41, 5.74) is 14.4. The fourth-order valence-electron chi connectivity index (χ4n) is 8.10. The molecule has 7 rings (SSSR count). The maximum Gasteiger partial charge on any atom is 0.137 e. The molecule has 0 atom stereocenters. The first-order valence-electron chi connectivity index (χ1n) is 20.4. The van der Waals surface area contributed by atoms with E-state index in [1.807, 2.05) is 6.20 Å². The Morgan fingerprint density at radius 3 is 1.86 bits per heavy atom. The molecule has 3 heterocycles. The van der Waals surface area contributed by atoms with Crippen LogP contribution in [0.4, 0.5) is 0 Å². The van der Waals surface area contributed by atoms with E-state index in [0.29, 0.717) is 17.8 Å². The molecule has 5 nitrogen and oxygen atoms in total. The highest BCUT2D eigenvalue weighted by Crippen LogP contribution is 2.43. The molecule has 0 spiro atoms. The van der Waals surface area contributed by atoms with E-state index in [1.165, 1.54) is 44.3 Å². The van der Waals surface area contributed by atoms with Gasteiger partial charge in [-0.2, -0.15) is 5.10 Å². The number of rotatable bonds is 8. The molecule has 7 aromatic rings. The summed E-state index contributed by atoms with van der Waals surface area (Å²) in [6.45, 7) is 31.7. The lowest BCUT2D eigenvalue weighted by Crippen LogP contribution is -2.12. The zero-order valence-electron chi connectivity index (χ0n) is 36.1. The molecule has 0 N–H and O–H groups in total. The Labute approximate surface area is 334 Å². The number of nitrogens with zero attached hydrogens (tertiary/aromatic N) is 4. The minimum atomic E-state index is -0.116. The Bertz CT molecular complexity index is 2550. The van der Waals surface area contributed by atoms with E-state index in [-0.39, 0.29) is 10.8 Å². The van der Waals surface area contributed by atoms with Crippen molar-refractivity contribution >= 4 is 21.8 Å². The number of aryl methyl sites for hydroxylation is 1. The van der Waals surface area contributed by atoms with Crippen LogP contribution in [-0.4, -0.2) is 19.3 Å². The molecule has 0 aliphatic carbocycles. The van der Waals surface area contributed by atoms with Gasteiger partial charge in [0.25, 0.3) is 0 Å². The van der Waals surface area contributed by atoms with Crippen molar-refractivity contribution < 1.29 is 4.74 Å². The Balaban J connectivity index is 1.37. The number of hydrogen-bond donors (Lipinski definition) is 0. The molecule has 0 aliphatic rings. The van der Waals surface area contributed by atoms with E-state index in [9.17, 15) is 0 Å². The van der Waals surface area contributed by atoms with Crippen molar-refractivity contribution in [2.75, 3.05) is 0 Å². The number of pyridine rings is 1. The fourth-order valence-corrected chi connectivity index (χ4v) is 8.10. The predicted octanol–water partition coefficient (Wildman–Crippen LogP) is 14.4. The molecule has 3 aromatic heterocycles. The summed E-state index contributed by atoms with van der Waals surface area (Å²) in [7, 11) is 0. The smallest absolute Gasteiger partial charge is 0.137 e. The minimum absolute atomic E-state index is 0.00144. The summed E-state index contributed by atoms with van der Waals surface area (Å²) in [4.78, 5) is 4.89. The van der Waals surface area contributed by atoms with Crippen LogP contribution in [0.2, 0.25) is 0 Å². The Kier molecular flexibility index (Phi) is 10.1. The molecule has 0 amide bonds. The first kappa shape index (κ1) is 39.1. The second kappa shape index (κ2) is 14.4. The Morgan fingerprint density at radius 1 is 0.589 bits per heavy atom. The van der Waals surface area contributed by atoms with Crippen LogP contribution >= 0.6 is 0 Å². The zero-order valence-corrected chi connectivity index (χ0v) is 36.1. The summed E-state index contributed by atoms with van der Waals surface area (Å²) >= 11 is 0. The number of para-hydroxylation sites is 1. The van der Waals surface area contributed by atoms with Crippen molar-refractivity contribution in [3.8, 4) is 34.1 Å². The molecule has 0 radical (unpaired) electrons. The molecule has 5 heteroatoms. The molecule has 0 aliphatic heterocycles. The van der Waals surface area contributed by atoms with Gasteiger partial charge < -0.3 is 4.74 Å². The monoisotopic (exact) mass is 744 g/mol. The van der Waals surface area contributed by atoms with E-state index >= 15 is 0 Å². The molecule has 4 aromatic carbocycles. The van der Waals surface area contributed by atoms with Gasteiger partial charge in [-0.1, -0.05) is 113 Å². The third kappa shape index (κ3) is 7.17. The van der Waals surface area contributed by atoms with Crippen LogP contribution in [0, 0.1) is 13.8 Å². The lowest BCUT2D eigenvalue weighted by Gasteiger charge is -2.24. The zero-order chi connectivity index (χ0) is 40.4. The maximum absolute atomic E-state index is 6.87. The van der Waals surface area contributed by atoms with Crippen LogP contribution < -0.4 is 4.74 Å². The third-order valence-electron chi connectivity index (χ3n) is 11.4. The molecule has 56 heavy (non-hydrogen) atoms. The molecule has 290 valence electrons. The van der Waals surface area contributed by atoms with Crippen molar-refractivity contribution in [2.45, 2.75) is 126 Å². The minimum Gasteiger partial charge on any atom is -0.457 e. The Hall–Kier alpha value is -5.16. The van der Waals surface area contributed by atoms with Gasteiger partial charge in [0.05, 0.1) is 22.4 Å². The van der Waals surface area contributed by atoms with Gasteiger partial charge in [0.1, 0.15) is 17.3 Å². The van der Waals surface area contributed by atoms with Crippen LogP contribution in [0.1, 0.15) is 140 Å². The van der Waals surface area contributed by atoms with Crippen LogP contribution in [0.5, 0.6) is 11.5 Å². The van der Waals surface area contributed by atoms with Gasteiger partial charge >= 0.3 is 0 Å². The normalized spacial score (nSPS) is 12.6. The molecule has 0 unspecified atom stereocenters. The number of ether oxygens (including phenoxy) is 1. The third-order valence-corrected chi connectivity index (χ3v) is 11.4. The van der Waals surface area contributed by atoms with E-state index in [0.717, 1.165) is 50.8 Å². The number of benzene rings is 4. The van der Waals surface area contributed by atoms with E-state index in [2.05, 4.69) is 191 Å². The Morgan fingerprint density at radius 2 is 1.23 bits per heavy atom. The van der Waals surface area contributed by atoms with Crippen LogP contribution in [0.15, 0.2) is 91.1 Å². The summed E-state index contributed by atoms with van der Waals surface area (Å²) < 4.78 is 11.3. The van der Waals surface area contributed by atoms with Crippen molar-refractivity contribution in [1.29, 1.82) is 0 Å². The summed E-state index contributed by atoms with van der Waals surface area (Å²) in [5, 5.41) is 7.63. The molecule has 0 fully saturated rings. The van der Waals surface area contributed by atoms with Gasteiger partial charge in [0, 0.05) is 40.4 Å². The standard InChI is InChI=1S/C51H60N4O/c1-30(2)35-23-43(31(3)4)49(44(24-35)32(5)6)48-33(7)53-55(34(48)8)38-25-37(51(12,13)14)26-40(28-38)56-39-19-20-42-41-17-15-16-18-45(41)54(46(42)29-39)47-27-36(21-22-52-47)50(9,10)11/h15-32H,1-14H3. The quantitative estimate of drug-likeness (QED) is 0.156. The van der Waals surface area contributed by atoms with Crippen molar-refractivity contribution in [3.63, 3.8) is 0 Å². The highest BCUT2D eigenvalue weighted by molar-refractivity contribution is 6.09. The first-order valence-corrected chi connectivity index (χ1v) is 20.4. The topological polar surface area (TPSA) is 44.9 Å². The number of aromatic nitrogens is 4. The molecule has 0 bridgehead atoms. The van der Waals surface area contributed by atoms with Gasteiger partial charge in [-0.05, 0) is 118 Å². The first-order chi connectivity index (χ1) is 26.3. The van der Waals surface area contributed by atoms with Gasteiger partial charge in [0.15, 0.2) is 0 Å². The SMILES string of the molecule is Cc1nn(-c2cc(Oc3ccc4c5ccccc5n(-c5cc(C(C)(C)C)ccn5)c4c3)cc(C(C)(C)C)c2)c(C)c1-c1c(C(C)C)cc(C(C)C)cc1C(C)C. The largest absolute Gasteiger partial charge is 0.457 e. The van der Waals surface area contributed by atoms with Crippen molar-refractivity contribution in [2.24, 2.45) is 0 Å². The molecular formula is C51H60N4O. The fraction of sp³-hybridized carbons (Fsp3) is 0.373. The molecular weight excluding hydrogens is 685 g/mol.